The number of carbonyl (C=O) groups excluding carboxylic acids is 1. The molecule has 3 heteroatoms. The van der Waals surface area contributed by atoms with Gasteiger partial charge < -0.3 is 4.74 Å². The lowest BCUT2D eigenvalue weighted by Gasteiger charge is -2.00. The minimum atomic E-state index is -0.212. The van der Waals surface area contributed by atoms with Crippen molar-refractivity contribution in [3.05, 3.63) is 35.6 Å². The van der Waals surface area contributed by atoms with Crippen molar-refractivity contribution < 1.29 is 13.9 Å². The van der Waals surface area contributed by atoms with Gasteiger partial charge in [-0.15, -0.1) is 0 Å². The molecule has 2 rings (SSSR count). The average Bonchev–Trinajstić information content (AvgIpc) is 2.97. The topological polar surface area (TPSA) is 26.3 Å². The van der Waals surface area contributed by atoms with Gasteiger partial charge >= 0.3 is 5.97 Å². The molecule has 1 saturated carbocycles. The molecule has 1 aromatic rings. The van der Waals surface area contributed by atoms with Crippen LogP contribution in [0.15, 0.2) is 24.3 Å². The quantitative estimate of drug-likeness (QED) is 0.713. The zero-order valence-electron chi connectivity index (χ0n) is 8.57. The molecule has 0 heterocycles. The van der Waals surface area contributed by atoms with Crippen LogP contribution < -0.4 is 0 Å². The van der Waals surface area contributed by atoms with Gasteiger partial charge in [-0.2, -0.15) is 0 Å². The molecule has 2 nitrogen and oxygen atoms in total. The third-order valence-corrected chi connectivity index (χ3v) is 2.86. The number of hydrogen-bond acceptors (Lipinski definition) is 2. The van der Waals surface area contributed by atoms with Gasteiger partial charge in [-0.3, -0.25) is 4.79 Å². The summed E-state index contributed by atoms with van der Waals surface area (Å²) in [5.41, 5.74) is 0.990. The molecule has 0 aliphatic heterocycles. The lowest BCUT2D eigenvalue weighted by atomic mass is 10.1. The normalized spacial score (nSPS) is 23.6. The van der Waals surface area contributed by atoms with E-state index in [-0.39, 0.29) is 11.8 Å². The second-order valence-corrected chi connectivity index (χ2v) is 3.94. The molecule has 2 atom stereocenters. The van der Waals surface area contributed by atoms with Crippen molar-refractivity contribution >= 4 is 5.97 Å². The highest BCUT2D eigenvalue weighted by Crippen LogP contribution is 2.49. The van der Waals surface area contributed by atoms with Gasteiger partial charge in [0.25, 0.3) is 0 Å². The fraction of sp³-hybridized carbons (Fsp3) is 0.417. The monoisotopic (exact) mass is 208 g/mol. The van der Waals surface area contributed by atoms with Gasteiger partial charge in [0.05, 0.1) is 7.11 Å². The van der Waals surface area contributed by atoms with Crippen LogP contribution in [0.2, 0.25) is 0 Å². The van der Waals surface area contributed by atoms with E-state index in [4.69, 9.17) is 0 Å². The summed E-state index contributed by atoms with van der Waals surface area (Å²) in [7, 11) is 1.39. The number of benzene rings is 1. The molecule has 0 bridgehead atoms. The maximum atomic E-state index is 12.9. The van der Waals surface area contributed by atoms with Gasteiger partial charge in [-0.05, 0) is 36.0 Å². The van der Waals surface area contributed by atoms with Crippen molar-refractivity contribution in [2.45, 2.75) is 18.8 Å². The predicted molar refractivity (Wildman–Crippen MR) is 53.9 cm³/mol. The summed E-state index contributed by atoms with van der Waals surface area (Å²) in [4.78, 5) is 11.0. The summed E-state index contributed by atoms with van der Waals surface area (Å²) in [5, 5.41) is 0. The molecule has 0 saturated heterocycles. The molecular formula is C12H13FO2. The van der Waals surface area contributed by atoms with Crippen LogP contribution in [-0.2, 0) is 9.53 Å². The van der Waals surface area contributed by atoms with Gasteiger partial charge in [-0.25, -0.2) is 4.39 Å². The summed E-state index contributed by atoms with van der Waals surface area (Å²) in [6.45, 7) is 0. The second kappa shape index (κ2) is 4.01. The maximum absolute atomic E-state index is 12.9. The van der Waals surface area contributed by atoms with Crippen molar-refractivity contribution in [1.29, 1.82) is 0 Å². The Morgan fingerprint density at radius 2 is 2.40 bits per heavy atom. The van der Waals surface area contributed by atoms with E-state index in [0.717, 1.165) is 12.0 Å². The van der Waals surface area contributed by atoms with Gasteiger partial charge in [0, 0.05) is 6.42 Å². The number of hydrogen-bond donors (Lipinski definition) is 0. The zero-order valence-corrected chi connectivity index (χ0v) is 8.57. The van der Waals surface area contributed by atoms with E-state index in [1.165, 1.54) is 13.2 Å². The van der Waals surface area contributed by atoms with E-state index < -0.39 is 0 Å². The van der Waals surface area contributed by atoms with Crippen LogP contribution in [0.1, 0.15) is 24.3 Å². The molecule has 0 radical (unpaired) electrons. The highest BCUT2D eigenvalue weighted by molar-refractivity contribution is 5.70. The first-order valence-electron chi connectivity index (χ1n) is 5.03. The molecule has 0 spiro atoms. The Bertz CT molecular complexity index is 376. The highest BCUT2D eigenvalue weighted by Gasteiger charge is 2.39. The van der Waals surface area contributed by atoms with E-state index in [0.29, 0.717) is 18.3 Å². The van der Waals surface area contributed by atoms with Crippen molar-refractivity contribution in [3.8, 4) is 0 Å². The number of rotatable bonds is 3. The van der Waals surface area contributed by atoms with Crippen LogP contribution in [0.3, 0.4) is 0 Å². The molecule has 0 amide bonds. The number of esters is 1. The summed E-state index contributed by atoms with van der Waals surface area (Å²) in [5.74, 6) is 0.272. The molecule has 15 heavy (non-hydrogen) atoms. The van der Waals surface area contributed by atoms with E-state index in [2.05, 4.69) is 4.74 Å². The zero-order chi connectivity index (χ0) is 10.8. The summed E-state index contributed by atoms with van der Waals surface area (Å²) in [6, 6.07) is 6.59. The fourth-order valence-corrected chi connectivity index (χ4v) is 1.92. The SMILES string of the molecule is COC(=O)C[C@H]1C[C@@H]1c1cccc(F)c1. The minimum absolute atomic E-state index is 0.182. The minimum Gasteiger partial charge on any atom is -0.469 e. The summed E-state index contributed by atoms with van der Waals surface area (Å²) in [6.07, 6.45) is 1.40. The summed E-state index contributed by atoms with van der Waals surface area (Å²) >= 11 is 0. The summed E-state index contributed by atoms with van der Waals surface area (Å²) < 4.78 is 17.5. The lowest BCUT2D eigenvalue weighted by Crippen LogP contribution is -2.01. The van der Waals surface area contributed by atoms with Crippen molar-refractivity contribution in [3.63, 3.8) is 0 Å². The van der Waals surface area contributed by atoms with E-state index in [1.807, 2.05) is 6.07 Å². The number of methoxy groups -OCH3 is 1. The van der Waals surface area contributed by atoms with Crippen molar-refractivity contribution in [2.24, 2.45) is 5.92 Å². The first-order chi connectivity index (χ1) is 7.20. The van der Waals surface area contributed by atoms with Gasteiger partial charge in [0.15, 0.2) is 0 Å². The van der Waals surface area contributed by atoms with Gasteiger partial charge in [0.2, 0.25) is 0 Å². The standard InChI is InChI=1S/C12H13FO2/c1-15-12(14)7-9-6-11(9)8-3-2-4-10(13)5-8/h2-5,9,11H,6-7H2,1H3/t9-,11-/m1/s1. The first-order valence-corrected chi connectivity index (χ1v) is 5.03. The Hall–Kier alpha value is -1.38. The molecule has 0 aromatic heterocycles. The Labute approximate surface area is 88.1 Å². The third kappa shape index (κ3) is 2.35. The average molecular weight is 208 g/mol. The fourth-order valence-electron chi connectivity index (χ4n) is 1.92. The number of halogens is 1. The van der Waals surface area contributed by atoms with Crippen LogP contribution in [0.25, 0.3) is 0 Å². The maximum Gasteiger partial charge on any atom is 0.305 e. The largest absolute Gasteiger partial charge is 0.469 e. The second-order valence-electron chi connectivity index (χ2n) is 3.94. The van der Waals surface area contributed by atoms with Gasteiger partial charge in [-0.1, -0.05) is 12.1 Å². The van der Waals surface area contributed by atoms with Crippen LogP contribution in [0.5, 0.6) is 0 Å². The predicted octanol–water partition coefficient (Wildman–Crippen LogP) is 2.49. The Kier molecular flexibility index (Phi) is 2.71. The number of carbonyl (C=O) groups is 1. The van der Waals surface area contributed by atoms with Crippen LogP contribution in [-0.4, -0.2) is 13.1 Å². The Balaban J connectivity index is 1.96. The van der Waals surface area contributed by atoms with Crippen LogP contribution in [0.4, 0.5) is 4.39 Å². The molecule has 1 fully saturated rings. The third-order valence-electron chi connectivity index (χ3n) is 2.86. The van der Waals surface area contributed by atoms with Crippen LogP contribution >= 0.6 is 0 Å². The van der Waals surface area contributed by atoms with Gasteiger partial charge in [0.1, 0.15) is 5.82 Å². The van der Waals surface area contributed by atoms with E-state index in [9.17, 15) is 9.18 Å². The lowest BCUT2D eigenvalue weighted by molar-refractivity contribution is -0.141. The molecule has 1 aromatic carbocycles. The smallest absolute Gasteiger partial charge is 0.305 e. The first kappa shape index (κ1) is 10.1. The molecule has 0 N–H and O–H groups in total. The van der Waals surface area contributed by atoms with E-state index >= 15 is 0 Å². The molecule has 0 unspecified atom stereocenters. The Morgan fingerprint density at radius 3 is 3.07 bits per heavy atom. The van der Waals surface area contributed by atoms with Crippen molar-refractivity contribution in [2.75, 3.05) is 7.11 Å². The Morgan fingerprint density at radius 1 is 1.60 bits per heavy atom. The van der Waals surface area contributed by atoms with Crippen molar-refractivity contribution in [1.82, 2.24) is 0 Å². The van der Waals surface area contributed by atoms with Crippen LogP contribution in [0, 0.1) is 11.7 Å². The molecule has 1 aliphatic carbocycles. The molecule has 80 valence electrons. The number of ether oxygens (including phenoxy) is 1. The molecular weight excluding hydrogens is 195 g/mol. The molecule has 1 aliphatic rings. The highest BCUT2D eigenvalue weighted by atomic mass is 19.1. The van der Waals surface area contributed by atoms with E-state index in [1.54, 1.807) is 12.1 Å².